The van der Waals surface area contributed by atoms with Crippen LogP contribution in [0.25, 0.3) is 0 Å². The summed E-state index contributed by atoms with van der Waals surface area (Å²) < 4.78 is 32.9. The summed E-state index contributed by atoms with van der Waals surface area (Å²) in [5.74, 6) is 2.22. The fourth-order valence-corrected chi connectivity index (χ4v) is 2.51. The predicted molar refractivity (Wildman–Crippen MR) is 90.0 cm³/mol. The molecule has 0 aromatic heterocycles. The van der Waals surface area contributed by atoms with E-state index in [1.807, 2.05) is 25.1 Å². The van der Waals surface area contributed by atoms with E-state index in [1.165, 1.54) is 6.26 Å². The van der Waals surface area contributed by atoms with Crippen molar-refractivity contribution in [1.82, 2.24) is 10.6 Å². The van der Waals surface area contributed by atoms with Gasteiger partial charge in [0.2, 0.25) is 6.79 Å². The molecule has 0 amide bonds. The second-order valence-electron chi connectivity index (χ2n) is 5.25. The van der Waals surface area contributed by atoms with E-state index in [1.54, 1.807) is 0 Å². The number of nitrogens with zero attached hydrogens (tertiary/aromatic N) is 1. The summed E-state index contributed by atoms with van der Waals surface area (Å²) in [6.07, 6.45) is 2.01. The van der Waals surface area contributed by atoms with Gasteiger partial charge in [-0.25, -0.2) is 8.42 Å². The van der Waals surface area contributed by atoms with Crippen molar-refractivity contribution in [3.05, 3.63) is 23.8 Å². The van der Waals surface area contributed by atoms with E-state index in [0.717, 1.165) is 23.5 Å². The zero-order valence-electron chi connectivity index (χ0n) is 13.5. The minimum absolute atomic E-state index is 0.0474. The average molecular weight is 341 g/mol. The molecule has 0 spiro atoms. The molecule has 0 unspecified atom stereocenters. The van der Waals surface area contributed by atoms with E-state index in [2.05, 4.69) is 15.6 Å². The zero-order chi connectivity index (χ0) is 16.7. The summed E-state index contributed by atoms with van der Waals surface area (Å²) in [6, 6.07) is 5.88. The Morgan fingerprint density at radius 3 is 2.78 bits per heavy atom. The Morgan fingerprint density at radius 2 is 2.04 bits per heavy atom. The minimum Gasteiger partial charge on any atom is -0.454 e. The Morgan fingerprint density at radius 1 is 1.26 bits per heavy atom. The molecule has 7 nitrogen and oxygen atoms in total. The van der Waals surface area contributed by atoms with Gasteiger partial charge in [0.15, 0.2) is 17.5 Å². The van der Waals surface area contributed by atoms with Gasteiger partial charge in [0.1, 0.15) is 9.84 Å². The highest BCUT2D eigenvalue weighted by Gasteiger charge is 2.12. The number of hydrogen-bond acceptors (Lipinski definition) is 5. The molecule has 0 atom stereocenters. The molecule has 1 aromatic carbocycles. The van der Waals surface area contributed by atoms with Crippen LogP contribution in [0.2, 0.25) is 0 Å². The third kappa shape index (κ3) is 5.97. The lowest BCUT2D eigenvalue weighted by Crippen LogP contribution is -2.38. The molecule has 1 heterocycles. The highest BCUT2D eigenvalue weighted by molar-refractivity contribution is 7.90. The van der Waals surface area contributed by atoms with Gasteiger partial charge < -0.3 is 20.1 Å². The molecule has 0 saturated carbocycles. The van der Waals surface area contributed by atoms with Crippen LogP contribution in [0.15, 0.2) is 23.2 Å². The van der Waals surface area contributed by atoms with Crippen LogP contribution in [0.1, 0.15) is 12.5 Å². The molecule has 0 aliphatic carbocycles. The highest BCUT2D eigenvalue weighted by atomic mass is 32.2. The Balaban J connectivity index is 1.82. The van der Waals surface area contributed by atoms with Crippen LogP contribution >= 0.6 is 0 Å². The number of ether oxygens (including phenoxy) is 2. The van der Waals surface area contributed by atoms with Crippen LogP contribution in [0.3, 0.4) is 0 Å². The maximum atomic E-state index is 11.1. The minimum atomic E-state index is -2.99. The van der Waals surface area contributed by atoms with Crippen molar-refractivity contribution in [2.75, 3.05) is 38.4 Å². The molecule has 0 bridgehead atoms. The summed E-state index contributed by atoms with van der Waals surface area (Å²) in [5.41, 5.74) is 1.13. The molecular weight excluding hydrogens is 318 g/mol. The van der Waals surface area contributed by atoms with Crippen molar-refractivity contribution < 1.29 is 17.9 Å². The molecule has 128 valence electrons. The van der Waals surface area contributed by atoms with Gasteiger partial charge in [0, 0.05) is 19.3 Å². The number of sulfone groups is 1. The largest absolute Gasteiger partial charge is 0.454 e. The van der Waals surface area contributed by atoms with Crippen LogP contribution in [0.5, 0.6) is 11.5 Å². The number of aliphatic imine (C=N–C) groups is 1. The van der Waals surface area contributed by atoms with Gasteiger partial charge in [-0.05, 0) is 31.0 Å². The molecule has 23 heavy (non-hydrogen) atoms. The van der Waals surface area contributed by atoms with Crippen LogP contribution in [-0.4, -0.2) is 52.8 Å². The summed E-state index contributed by atoms with van der Waals surface area (Å²) in [5, 5.41) is 6.29. The van der Waals surface area contributed by atoms with Gasteiger partial charge in [-0.15, -0.1) is 0 Å². The Kier molecular flexibility index (Phi) is 6.09. The van der Waals surface area contributed by atoms with E-state index in [-0.39, 0.29) is 19.1 Å². The quantitative estimate of drug-likeness (QED) is 0.556. The first kappa shape index (κ1) is 17.4. The summed E-state index contributed by atoms with van der Waals surface area (Å²) >= 11 is 0. The lowest BCUT2D eigenvalue weighted by atomic mass is 10.1. The van der Waals surface area contributed by atoms with Crippen LogP contribution in [-0.2, 0) is 16.3 Å². The zero-order valence-corrected chi connectivity index (χ0v) is 14.3. The first-order chi connectivity index (χ1) is 11.0. The normalized spacial score (nSPS) is 13.9. The van der Waals surface area contributed by atoms with E-state index in [4.69, 9.17) is 9.47 Å². The summed E-state index contributed by atoms with van der Waals surface area (Å²) in [7, 11) is -2.99. The molecule has 1 aliphatic heterocycles. The van der Waals surface area contributed by atoms with Gasteiger partial charge in [-0.1, -0.05) is 6.07 Å². The van der Waals surface area contributed by atoms with Gasteiger partial charge in [0.25, 0.3) is 0 Å². The van der Waals surface area contributed by atoms with Crippen molar-refractivity contribution in [3.63, 3.8) is 0 Å². The van der Waals surface area contributed by atoms with Gasteiger partial charge >= 0.3 is 0 Å². The lowest BCUT2D eigenvalue weighted by Gasteiger charge is -2.11. The van der Waals surface area contributed by atoms with Crippen molar-refractivity contribution in [2.45, 2.75) is 13.3 Å². The second kappa shape index (κ2) is 8.05. The third-order valence-corrected chi connectivity index (χ3v) is 4.14. The Labute approximate surface area is 137 Å². The molecule has 0 saturated heterocycles. The van der Waals surface area contributed by atoms with Gasteiger partial charge in [-0.3, -0.25) is 4.99 Å². The first-order valence-electron chi connectivity index (χ1n) is 7.56. The standard InChI is InChI=1S/C15H23N3O4S/c1-3-16-15(18-8-9-23(2,19)20)17-7-6-12-4-5-13-14(10-12)22-11-21-13/h4-5,10H,3,6-9,11H2,1-2H3,(H2,16,17,18). The molecule has 2 rings (SSSR count). The molecule has 0 radical (unpaired) electrons. The maximum absolute atomic E-state index is 11.1. The number of rotatable bonds is 7. The Hall–Kier alpha value is -1.96. The SMILES string of the molecule is CCNC(=NCCS(C)(=O)=O)NCCc1ccc2c(c1)OCO2. The topological polar surface area (TPSA) is 89.0 Å². The number of nitrogens with one attached hydrogen (secondary N) is 2. The molecule has 2 N–H and O–H groups in total. The number of hydrogen-bond donors (Lipinski definition) is 2. The molecule has 1 aliphatic rings. The average Bonchev–Trinajstić information content (AvgIpc) is 2.93. The molecule has 1 aromatic rings. The maximum Gasteiger partial charge on any atom is 0.231 e. The second-order valence-corrected chi connectivity index (χ2v) is 7.51. The van der Waals surface area contributed by atoms with Crippen molar-refractivity contribution in [3.8, 4) is 11.5 Å². The highest BCUT2D eigenvalue weighted by Crippen LogP contribution is 2.32. The van der Waals surface area contributed by atoms with Crippen LogP contribution < -0.4 is 20.1 Å². The van der Waals surface area contributed by atoms with E-state index < -0.39 is 9.84 Å². The number of fused-ring (bicyclic) bond motifs is 1. The fourth-order valence-electron chi connectivity index (χ4n) is 2.09. The smallest absolute Gasteiger partial charge is 0.231 e. The van der Waals surface area contributed by atoms with Crippen molar-refractivity contribution in [1.29, 1.82) is 0 Å². The lowest BCUT2D eigenvalue weighted by molar-refractivity contribution is 0.174. The van der Waals surface area contributed by atoms with Gasteiger partial charge in [0.05, 0.1) is 12.3 Å². The number of guanidine groups is 1. The molecule has 0 fully saturated rings. The third-order valence-electron chi connectivity index (χ3n) is 3.22. The molecular formula is C15H23N3O4S. The van der Waals surface area contributed by atoms with Crippen molar-refractivity contribution in [2.24, 2.45) is 4.99 Å². The molecule has 8 heteroatoms. The van der Waals surface area contributed by atoms with E-state index in [9.17, 15) is 8.42 Å². The monoisotopic (exact) mass is 341 g/mol. The van der Waals surface area contributed by atoms with E-state index >= 15 is 0 Å². The fraction of sp³-hybridized carbons (Fsp3) is 0.533. The first-order valence-corrected chi connectivity index (χ1v) is 9.62. The van der Waals surface area contributed by atoms with Gasteiger partial charge in [-0.2, -0.15) is 0 Å². The van der Waals surface area contributed by atoms with Crippen molar-refractivity contribution >= 4 is 15.8 Å². The van der Waals surface area contributed by atoms with E-state index in [0.29, 0.717) is 19.0 Å². The predicted octanol–water partition coefficient (Wildman–Crippen LogP) is 0.558. The van der Waals surface area contributed by atoms with Crippen LogP contribution in [0, 0.1) is 0 Å². The summed E-state index contributed by atoms with van der Waals surface area (Å²) in [6.45, 7) is 3.89. The summed E-state index contributed by atoms with van der Waals surface area (Å²) in [4.78, 5) is 4.26. The number of benzene rings is 1. The Bertz CT molecular complexity index is 659. The van der Waals surface area contributed by atoms with Crippen LogP contribution in [0.4, 0.5) is 0 Å².